The van der Waals surface area contributed by atoms with Gasteiger partial charge in [0.2, 0.25) is 0 Å². The van der Waals surface area contributed by atoms with Crippen molar-refractivity contribution in [2.75, 3.05) is 47.3 Å². The lowest BCUT2D eigenvalue weighted by Gasteiger charge is -2.68. The van der Waals surface area contributed by atoms with E-state index in [4.69, 9.17) is 5.73 Å². The zero-order valence-electron chi connectivity index (χ0n) is 21.6. The summed E-state index contributed by atoms with van der Waals surface area (Å²) in [7, 11) is 7.64. The van der Waals surface area contributed by atoms with Gasteiger partial charge >= 0.3 is 0 Å². The average molecular weight is 672 g/mol. The minimum Gasteiger partial charge on any atom is -1.00 e. The number of rotatable bonds is 2. The van der Waals surface area contributed by atoms with E-state index < -0.39 is 0 Å². The highest BCUT2D eigenvalue weighted by Crippen LogP contribution is 2.68. The van der Waals surface area contributed by atoms with Crippen molar-refractivity contribution in [1.29, 1.82) is 0 Å². The van der Waals surface area contributed by atoms with Gasteiger partial charge in [-0.1, -0.05) is 6.92 Å². The molecule has 2 aliphatic heterocycles. The van der Waals surface area contributed by atoms with Crippen LogP contribution in [0.1, 0.15) is 84.5 Å². The van der Waals surface area contributed by atoms with Crippen molar-refractivity contribution in [1.82, 2.24) is 0 Å². The summed E-state index contributed by atoms with van der Waals surface area (Å²) in [4.78, 5) is 0. The smallest absolute Gasteiger partial charge is 0.0991 e. The van der Waals surface area contributed by atoms with Gasteiger partial charge in [-0.25, -0.2) is 0 Å². The molecule has 0 radical (unpaired) electrons. The van der Waals surface area contributed by atoms with Crippen LogP contribution < -0.4 is 53.7 Å². The standard InChI is InChI=1S/C27H51N3.2HI/c1-25-13-10-21(30(5)17-6-7-18-30)19-27(25,20-28)15-11-22-23(25)12-14-26(2)24(22)9-8-16-29(26,3)4;;/h21-24H,6-20,28H2,1-5H3;2*1H/q+2;;/p-2/t21?,22-,23+,24+,25-,26+,27+;;/m1../s1. The lowest BCUT2D eigenvalue weighted by molar-refractivity contribution is -0.952. The average Bonchev–Trinajstić information content (AvgIpc) is 3.16. The molecule has 0 bridgehead atoms. The van der Waals surface area contributed by atoms with E-state index in [1.165, 1.54) is 99.2 Å². The van der Waals surface area contributed by atoms with Gasteiger partial charge < -0.3 is 62.7 Å². The summed E-state index contributed by atoms with van der Waals surface area (Å²) in [5, 5.41) is 0. The molecule has 0 aromatic heterocycles. The van der Waals surface area contributed by atoms with Crippen molar-refractivity contribution in [2.24, 2.45) is 34.3 Å². The van der Waals surface area contributed by atoms with Crippen molar-refractivity contribution >= 4 is 0 Å². The summed E-state index contributed by atoms with van der Waals surface area (Å²) in [6.45, 7) is 10.5. The summed E-state index contributed by atoms with van der Waals surface area (Å²) in [6.07, 6.45) is 15.9. The maximum Gasteiger partial charge on any atom is 0.0991 e. The first-order valence-electron chi connectivity index (χ1n) is 13.5. The Kier molecular flexibility index (Phi) is 8.14. The third kappa shape index (κ3) is 3.78. The number of hydrogen-bond donors (Lipinski definition) is 1. The highest BCUT2D eigenvalue weighted by molar-refractivity contribution is 5.13. The summed E-state index contributed by atoms with van der Waals surface area (Å²) >= 11 is 0. The Morgan fingerprint density at radius 2 is 1.47 bits per heavy atom. The summed E-state index contributed by atoms with van der Waals surface area (Å²) in [6, 6.07) is 0.875. The van der Waals surface area contributed by atoms with Crippen LogP contribution in [0.15, 0.2) is 0 Å². The molecule has 7 atom stereocenters. The van der Waals surface area contributed by atoms with Crippen LogP contribution in [0.25, 0.3) is 0 Å². The fourth-order valence-corrected chi connectivity index (χ4v) is 10.3. The van der Waals surface area contributed by atoms with Crippen LogP contribution >= 0.6 is 0 Å². The number of hydrogen-bond acceptors (Lipinski definition) is 1. The molecule has 2 heterocycles. The minimum absolute atomic E-state index is 0. The number of nitrogens with zero attached hydrogens (tertiary/aromatic N) is 2. The van der Waals surface area contributed by atoms with Crippen LogP contribution in [0, 0.1) is 28.6 Å². The first-order valence-corrected chi connectivity index (χ1v) is 13.5. The van der Waals surface area contributed by atoms with Gasteiger partial charge in [-0.3, -0.25) is 0 Å². The molecule has 0 spiro atoms. The van der Waals surface area contributed by atoms with E-state index in [1.54, 1.807) is 0 Å². The number of piperidine rings is 1. The Bertz CT molecular complexity index is 678. The Morgan fingerprint density at radius 1 is 0.781 bits per heavy atom. The van der Waals surface area contributed by atoms with E-state index in [9.17, 15) is 0 Å². The fraction of sp³-hybridized carbons (Fsp3) is 1.00. The molecule has 1 unspecified atom stereocenters. The van der Waals surface area contributed by atoms with Crippen molar-refractivity contribution in [3.05, 3.63) is 0 Å². The second kappa shape index (κ2) is 9.33. The minimum atomic E-state index is 0. The number of likely N-dealkylation sites (tertiary alicyclic amines) is 2. The van der Waals surface area contributed by atoms with E-state index in [-0.39, 0.29) is 48.0 Å². The molecule has 5 aliphatic rings. The lowest BCUT2D eigenvalue weighted by atomic mass is 9.39. The van der Waals surface area contributed by atoms with Gasteiger partial charge in [-0.05, 0) is 74.7 Å². The van der Waals surface area contributed by atoms with Crippen LogP contribution in [0.5, 0.6) is 0 Å². The molecule has 188 valence electrons. The molecule has 0 aromatic rings. The normalized spacial score (nSPS) is 48.9. The van der Waals surface area contributed by atoms with Crippen molar-refractivity contribution < 1.29 is 56.9 Å². The number of quaternary nitrogens is 2. The van der Waals surface area contributed by atoms with Crippen LogP contribution in [0.2, 0.25) is 0 Å². The summed E-state index contributed by atoms with van der Waals surface area (Å²) < 4.78 is 2.62. The maximum atomic E-state index is 6.75. The Balaban J connectivity index is 0.00000144. The van der Waals surface area contributed by atoms with E-state index in [0.717, 1.165) is 30.3 Å². The molecule has 5 fully saturated rings. The molecule has 3 aliphatic carbocycles. The number of fused-ring (bicyclic) bond motifs is 5. The van der Waals surface area contributed by atoms with Crippen LogP contribution in [0.4, 0.5) is 0 Å². The zero-order valence-corrected chi connectivity index (χ0v) is 26.0. The maximum absolute atomic E-state index is 6.75. The van der Waals surface area contributed by atoms with Crippen LogP contribution in [0.3, 0.4) is 0 Å². The van der Waals surface area contributed by atoms with Crippen molar-refractivity contribution in [3.8, 4) is 0 Å². The second-order valence-electron chi connectivity index (χ2n) is 13.8. The molecule has 2 saturated heterocycles. The predicted octanol–water partition coefficient (Wildman–Crippen LogP) is -1.20. The number of nitrogens with two attached hydrogens (primary N) is 1. The molecule has 5 heteroatoms. The zero-order chi connectivity index (χ0) is 21.4. The molecule has 3 nitrogen and oxygen atoms in total. The van der Waals surface area contributed by atoms with Gasteiger partial charge in [0.15, 0.2) is 0 Å². The van der Waals surface area contributed by atoms with Gasteiger partial charge in [-0.2, -0.15) is 0 Å². The van der Waals surface area contributed by atoms with Crippen molar-refractivity contribution in [2.45, 2.75) is 96.1 Å². The fourth-order valence-electron chi connectivity index (χ4n) is 10.3. The second-order valence-corrected chi connectivity index (χ2v) is 13.8. The quantitative estimate of drug-likeness (QED) is 0.290. The summed E-state index contributed by atoms with van der Waals surface area (Å²) in [5.41, 5.74) is 8.15. The third-order valence-corrected chi connectivity index (χ3v) is 12.9. The van der Waals surface area contributed by atoms with E-state index in [0.29, 0.717) is 16.4 Å². The molecule has 0 amide bonds. The van der Waals surface area contributed by atoms with Gasteiger partial charge in [-0.15, -0.1) is 0 Å². The molecular weight excluding hydrogens is 620 g/mol. The molecule has 5 rings (SSSR count). The molecule has 32 heavy (non-hydrogen) atoms. The Hall–Kier alpha value is 1.34. The number of halogens is 2. The van der Waals surface area contributed by atoms with Crippen LogP contribution in [-0.2, 0) is 0 Å². The van der Waals surface area contributed by atoms with Gasteiger partial charge in [0.1, 0.15) is 0 Å². The van der Waals surface area contributed by atoms with Gasteiger partial charge in [0.05, 0.1) is 52.4 Å². The topological polar surface area (TPSA) is 26.0 Å². The first-order chi connectivity index (χ1) is 14.1. The lowest BCUT2D eigenvalue weighted by Crippen LogP contribution is -3.00. The molecule has 3 saturated carbocycles. The molecule has 2 N–H and O–H groups in total. The molecular formula is C27H51I2N3. The largest absolute Gasteiger partial charge is 1.00 e. The highest BCUT2D eigenvalue weighted by Gasteiger charge is 2.66. The van der Waals surface area contributed by atoms with Crippen molar-refractivity contribution in [3.63, 3.8) is 0 Å². The predicted molar refractivity (Wildman–Crippen MR) is 126 cm³/mol. The third-order valence-electron chi connectivity index (χ3n) is 12.9. The monoisotopic (exact) mass is 671 g/mol. The SMILES string of the molecule is C[C@]12CC[C@H]3[C@@H](CC[C@@]4(CN)CC([N+]5(C)CCCC5)CC[C@]34C)[C@@H]1CCC[N+]2(C)C.[I-].[I-]. The van der Waals surface area contributed by atoms with Gasteiger partial charge in [0.25, 0.3) is 0 Å². The Morgan fingerprint density at radius 3 is 2.12 bits per heavy atom. The highest BCUT2D eigenvalue weighted by atomic mass is 127. The van der Waals surface area contributed by atoms with Crippen LogP contribution in [-0.4, -0.2) is 67.9 Å². The Labute approximate surface area is 233 Å². The van der Waals surface area contributed by atoms with Gasteiger partial charge in [0, 0.05) is 38.0 Å². The van der Waals surface area contributed by atoms with E-state index in [1.807, 2.05) is 0 Å². The summed E-state index contributed by atoms with van der Waals surface area (Å²) in [5.74, 6) is 2.82. The molecule has 0 aromatic carbocycles. The van der Waals surface area contributed by atoms with E-state index in [2.05, 4.69) is 35.0 Å². The first kappa shape index (κ1) is 27.9. The van der Waals surface area contributed by atoms with E-state index >= 15 is 0 Å².